The maximum Gasteiger partial charge on any atom is 0.225 e. The van der Waals surface area contributed by atoms with Gasteiger partial charge in [0.25, 0.3) is 0 Å². The molecule has 0 aromatic heterocycles. The lowest BCUT2D eigenvalue weighted by Gasteiger charge is -2.21. The van der Waals surface area contributed by atoms with Crippen molar-refractivity contribution < 1.29 is 19.1 Å². The third-order valence-electron chi connectivity index (χ3n) is 6.57. The molecular weight excluding hydrogens is 347 g/mol. The topological polar surface area (TPSA) is 69.6 Å². The van der Waals surface area contributed by atoms with Gasteiger partial charge in [-0.25, -0.2) is 4.39 Å². The highest BCUT2D eigenvalue weighted by Crippen LogP contribution is 2.39. The average molecular weight is 374 g/mol. The number of benzene rings is 1. The number of likely N-dealkylation sites (tertiary alicyclic amines) is 1. The molecule has 1 aromatic rings. The number of hydrogen-bond donors (Lipinski definition) is 2. The average Bonchev–Trinajstić information content (AvgIpc) is 3.32. The number of carbonyl (C=O) groups excluding carboxylic acids is 2. The largest absolute Gasteiger partial charge is 0.391 e. The lowest BCUT2D eigenvalue weighted by atomic mass is 10.0. The molecule has 0 bridgehead atoms. The summed E-state index contributed by atoms with van der Waals surface area (Å²) in [5.41, 5.74) is 0.332. The molecule has 3 fully saturated rings. The highest BCUT2D eigenvalue weighted by atomic mass is 19.1. The number of halogens is 1. The molecule has 0 unspecified atom stereocenters. The van der Waals surface area contributed by atoms with E-state index in [0.717, 1.165) is 13.1 Å². The van der Waals surface area contributed by atoms with Crippen LogP contribution >= 0.6 is 0 Å². The molecule has 1 aromatic carbocycles. The zero-order chi connectivity index (χ0) is 19.0. The van der Waals surface area contributed by atoms with Gasteiger partial charge in [-0.05, 0) is 49.1 Å². The first-order valence-electron chi connectivity index (χ1n) is 10.0. The van der Waals surface area contributed by atoms with E-state index in [9.17, 15) is 19.1 Å². The van der Waals surface area contributed by atoms with Crippen molar-refractivity contribution in [1.82, 2.24) is 10.2 Å². The molecule has 1 aliphatic heterocycles. The summed E-state index contributed by atoms with van der Waals surface area (Å²) in [6, 6.07) is 5.74. The van der Waals surface area contributed by atoms with E-state index in [0.29, 0.717) is 30.2 Å². The fourth-order valence-electron chi connectivity index (χ4n) is 5.12. The van der Waals surface area contributed by atoms with Crippen LogP contribution in [0.4, 0.5) is 4.39 Å². The van der Waals surface area contributed by atoms with E-state index in [2.05, 4.69) is 5.32 Å². The fraction of sp³-hybridized carbons (Fsp3) is 0.619. The number of nitrogens with zero attached hydrogens (tertiary/aromatic N) is 1. The second kappa shape index (κ2) is 7.58. The molecule has 0 spiro atoms. The number of amides is 2. The number of aliphatic hydroxyl groups excluding tert-OH is 1. The van der Waals surface area contributed by atoms with Crippen molar-refractivity contribution >= 4 is 11.8 Å². The van der Waals surface area contributed by atoms with Crippen LogP contribution < -0.4 is 5.32 Å². The van der Waals surface area contributed by atoms with Gasteiger partial charge in [0.1, 0.15) is 5.82 Å². The first-order valence-corrected chi connectivity index (χ1v) is 10.0. The SMILES string of the molecule is O=C(Cc1ccccc1F)N[C@@H]1C[C@H](C(=O)N2C[C@H]3CCC[C@H]3C2)C[C@H]1O. The monoisotopic (exact) mass is 374 g/mol. The van der Waals surface area contributed by atoms with Crippen molar-refractivity contribution in [3.63, 3.8) is 0 Å². The molecule has 2 N–H and O–H groups in total. The van der Waals surface area contributed by atoms with Crippen LogP contribution in [-0.4, -0.2) is 47.1 Å². The van der Waals surface area contributed by atoms with Crippen LogP contribution in [0.3, 0.4) is 0 Å². The zero-order valence-corrected chi connectivity index (χ0v) is 15.4. The molecule has 5 atom stereocenters. The van der Waals surface area contributed by atoms with Crippen LogP contribution in [0.1, 0.15) is 37.7 Å². The van der Waals surface area contributed by atoms with Crippen molar-refractivity contribution in [3.8, 4) is 0 Å². The molecule has 5 nitrogen and oxygen atoms in total. The second-order valence-corrected chi connectivity index (χ2v) is 8.37. The Kier molecular flexibility index (Phi) is 5.17. The van der Waals surface area contributed by atoms with Gasteiger partial charge in [0.15, 0.2) is 0 Å². The lowest BCUT2D eigenvalue weighted by molar-refractivity contribution is -0.135. The number of rotatable bonds is 4. The molecular formula is C21H27FN2O3. The van der Waals surface area contributed by atoms with Crippen LogP contribution in [0.5, 0.6) is 0 Å². The minimum Gasteiger partial charge on any atom is -0.391 e. The van der Waals surface area contributed by atoms with Gasteiger partial charge in [-0.3, -0.25) is 9.59 Å². The number of aliphatic hydroxyl groups is 1. The highest BCUT2D eigenvalue weighted by molar-refractivity contribution is 5.81. The van der Waals surface area contributed by atoms with Crippen LogP contribution in [-0.2, 0) is 16.0 Å². The summed E-state index contributed by atoms with van der Waals surface area (Å²) < 4.78 is 13.7. The van der Waals surface area contributed by atoms with Crippen molar-refractivity contribution in [2.75, 3.05) is 13.1 Å². The molecule has 2 amide bonds. The zero-order valence-electron chi connectivity index (χ0n) is 15.4. The molecule has 6 heteroatoms. The Bertz CT molecular complexity index is 713. The molecule has 2 saturated carbocycles. The Morgan fingerprint density at radius 3 is 2.56 bits per heavy atom. The number of carbonyl (C=O) groups is 2. The Labute approximate surface area is 158 Å². The number of nitrogens with one attached hydrogen (secondary N) is 1. The highest BCUT2D eigenvalue weighted by Gasteiger charge is 2.43. The van der Waals surface area contributed by atoms with Crippen LogP contribution in [0.15, 0.2) is 24.3 Å². The van der Waals surface area contributed by atoms with E-state index in [4.69, 9.17) is 0 Å². The van der Waals surface area contributed by atoms with Crippen molar-refractivity contribution in [3.05, 3.63) is 35.6 Å². The minimum atomic E-state index is -0.731. The maximum atomic E-state index is 13.7. The summed E-state index contributed by atoms with van der Waals surface area (Å²) in [6.07, 6.45) is 3.75. The van der Waals surface area contributed by atoms with Gasteiger partial charge in [-0.2, -0.15) is 0 Å². The summed E-state index contributed by atoms with van der Waals surface area (Å²) >= 11 is 0. The second-order valence-electron chi connectivity index (χ2n) is 8.37. The van der Waals surface area contributed by atoms with Gasteiger partial charge in [0.2, 0.25) is 11.8 Å². The molecule has 1 saturated heterocycles. The van der Waals surface area contributed by atoms with E-state index in [1.54, 1.807) is 18.2 Å². The van der Waals surface area contributed by atoms with Gasteiger partial charge in [-0.1, -0.05) is 24.6 Å². The third-order valence-corrected chi connectivity index (χ3v) is 6.57. The summed E-state index contributed by atoms with van der Waals surface area (Å²) in [5, 5.41) is 13.1. The molecule has 146 valence electrons. The van der Waals surface area contributed by atoms with Crippen molar-refractivity contribution in [2.24, 2.45) is 17.8 Å². The number of fused-ring (bicyclic) bond motifs is 1. The van der Waals surface area contributed by atoms with Crippen molar-refractivity contribution in [1.29, 1.82) is 0 Å². The van der Waals surface area contributed by atoms with Crippen LogP contribution in [0.2, 0.25) is 0 Å². The quantitative estimate of drug-likeness (QED) is 0.846. The third kappa shape index (κ3) is 3.86. The van der Waals surface area contributed by atoms with E-state index in [1.165, 1.54) is 25.3 Å². The van der Waals surface area contributed by atoms with E-state index in [1.807, 2.05) is 4.90 Å². The minimum absolute atomic E-state index is 0.0655. The van der Waals surface area contributed by atoms with E-state index in [-0.39, 0.29) is 24.2 Å². The predicted molar refractivity (Wildman–Crippen MR) is 98.2 cm³/mol. The standard InChI is InChI=1S/C21H27FN2O3/c22-17-7-2-1-4-13(17)10-20(26)23-18-8-16(9-19(18)25)21(27)24-11-14-5-3-6-15(14)12-24/h1-2,4,7,14-16,18-19,25H,3,5-6,8-12H2,(H,23,26)/t14-,15+,16-,18+,19+/m0/s1. The smallest absolute Gasteiger partial charge is 0.225 e. The number of hydrogen-bond acceptors (Lipinski definition) is 3. The first-order chi connectivity index (χ1) is 13.0. The van der Waals surface area contributed by atoms with E-state index < -0.39 is 18.0 Å². The first kappa shape index (κ1) is 18.4. The van der Waals surface area contributed by atoms with Gasteiger partial charge >= 0.3 is 0 Å². The normalized spacial score (nSPS) is 32.5. The van der Waals surface area contributed by atoms with Gasteiger partial charge in [0, 0.05) is 19.0 Å². The Hall–Kier alpha value is -1.95. The van der Waals surface area contributed by atoms with Gasteiger partial charge < -0.3 is 15.3 Å². The predicted octanol–water partition coefficient (Wildman–Crippen LogP) is 1.88. The van der Waals surface area contributed by atoms with E-state index >= 15 is 0 Å². The van der Waals surface area contributed by atoms with Crippen molar-refractivity contribution in [2.45, 2.75) is 50.7 Å². The summed E-state index contributed by atoms with van der Waals surface area (Å²) in [5.74, 6) is 0.445. The Morgan fingerprint density at radius 1 is 1.15 bits per heavy atom. The molecule has 2 aliphatic carbocycles. The van der Waals surface area contributed by atoms with Gasteiger partial charge in [-0.15, -0.1) is 0 Å². The summed E-state index contributed by atoms with van der Waals surface area (Å²) in [7, 11) is 0. The fourth-order valence-corrected chi connectivity index (χ4v) is 5.12. The van der Waals surface area contributed by atoms with Crippen LogP contribution in [0.25, 0.3) is 0 Å². The summed E-state index contributed by atoms with van der Waals surface area (Å²) in [4.78, 5) is 27.1. The Balaban J connectivity index is 1.31. The van der Waals surface area contributed by atoms with Gasteiger partial charge in [0.05, 0.1) is 18.6 Å². The molecule has 1 heterocycles. The Morgan fingerprint density at radius 2 is 1.85 bits per heavy atom. The van der Waals surface area contributed by atoms with Crippen LogP contribution in [0, 0.1) is 23.6 Å². The molecule has 27 heavy (non-hydrogen) atoms. The maximum absolute atomic E-state index is 13.7. The summed E-state index contributed by atoms with van der Waals surface area (Å²) in [6.45, 7) is 1.70. The molecule has 0 radical (unpaired) electrons. The lowest BCUT2D eigenvalue weighted by Crippen LogP contribution is -2.41. The molecule has 4 rings (SSSR count). The molecule has 3 aliphatic rings.